The molecule has 0 saturated carbocycles. The minimum atomic E-state index is -0.384. The Morgan fingerprint density at radius 3 is 2.33 bits per heavy atom. The lowest BCUT2D eigenvalue weighted by atomic mass is 10.0. The quantitative estimate of drug-likeness (QED) is 0.615. The molecule has 0 aromatic rings. The molecule has 2 aliphatic rings. The highest BCUT2D eigenvalue weighted by molar-refractivity contribution is 4.81. The molecule has 2 saturated heterocycles. The molecule has 0 aromatic carbocycles. The van der Waals surface area contributed by atoms with Crippen molar-refractivity contribution in [1.29, 1.82) is 0 Å². The summed E-state index contributed by atoms with van der Waals surface area (Å²) >= 11 is 0. The largest absolute Gasteiger partial charge is 0.370 e. The van der Waals surface area contributed by atoms with Gasteiger partial charge in [0, 0.05) is 5.92 Å². The van der Waals surface area contributed by atoms with E-state index in [2.05, 4.69) is 0 Å². The minimum absolute atomic E-state index is 0.384. The highest BCUT2D eigenvalue weighted by Gasteiger charge is 2.44. The van der Waals surface area contributed by atoms with Gasteiger partial charge in [-0.3, -0.25) is 0 Å². The Morgan fingerprint density at radius 2 is 1.92 bits per heavy atom. The third-order valence-corrected chi connectivity index (χ3v) is 2.38. The predicted octanol–water partition coefficient (Wildman–Crippen LogP) is 0.867. The Labute approximate surface area is 73.0 Å². The first-order chi connectivity index (χ1) is 5.85. The van der Waals surface area contributed by atoms with E-state index in [1.54, 1.807) is 0 Å². The molecule has 0 unspecified atom stereocenters. The van der Waals surface area contributed by atoms with Crippen molar-refractivity contribution in [1.82, 2.24) is 0 Å². The van der Waals surface area contributed by atoms with Gasteiger partial charge in [0.05, 0.1) is 13.2 Å². The zero-order valence-corrected chi connectivity index (χ0v) is 7.12. The normalized spacial score (nSPS) is 28.8. The Balaban J connectivity index is 1.77. The van der Waals surface area contributed by atoms with Gasteiger partial charge in [-0.25, -0.2) is 0 Å². The van der Waals surface area contributed by atoms with Gasteiger partial charge in [-0.15, -0.1) is 0 Å². The van der Waals surface area contributed by atoms with Gasteiger partial charge in [0.2, 0.25) is 5.79 Å². The average Bonchev–Trinajstić information content (AvgIpc) is 2.04. The van der Waals surface area contributed by atoms with Crippen molar-refractivity contribution in [2.45, 2.75) is 18.6 Å². The standard InChI is InChI=1S/C9H14O3/c1-2-3-8-4-11-9(12-5-8)6-10-7-9/h1,8H,2-7H2. The molecule has 68 valence electrons. The smallest absolute Gasteiger partial charge is 0.216 e. The fourth-order valence-corrected chi connectivity index (χ4v) is 1.47. The van der Waals surface area contributed by atoms with Gasteiger partial charge in [-0.2, -0.15) is 0 Å². The lowest BCUT2D eigenvalue weighted by molar-refractivity contribution is -0.370. The summed E-state index contributed by atoms with van der Waals surface area (Å²) in [7, 11) is 0. The van der Waals surface area contributed by atoms with Crippen molar-refractivity contribution in [2.24, 2.45) is 5.92 Å². The monoisotopic (exact) mass is 170 g/mol. The van der Waals surface area contributed by atoms with E-state index in [0.717, 1.165) is 19.6 Å². The molecule has 0 N–H and O–H groups in total. The molecular formula is C9H14O3. The SMILES string of the molecule is [CH]CCC1COC2(COC2)OC1. The third-order valence-electron chi connectivity index (χ3n) is 2.38. The van der Waals surface area contributed by atoms with Gasteiger partial charge in [0.25, 0.3) is 0 Å². The summed E-state index contributed by atoms with van der Waals surface area (Å²) in [5.41, 5.74) is 0. The van der Waals surface area contributed by atoms with Gasteiger partial charge >= 0.3 is 0 Å². The van der Waals surface area contributed by atoms with Gasteiger partial charge < -0.3 is 14.2 Å². The fourth-order valence-electron chi connectivity index (χ4n) is 1.47. The maximum absolute atomic E-state index is 5.56. The molecule has 0 amide bonds. The van der Waals surface area contributed by atoms with Crippen molar-refractivity contribution in [3.63, 3.8) is 0 Å². The number of hydrogen-bond donors (Lipinski definition) is 0. The second-order valence-electron chi connectivity index (χ2n) is 3.47. The number of rotatable bonds is 2. The van der Waals surface area contributed by atoms with Crippen molar-refractivity contribution in [3.8, 4) is 0 Å². The van der Waals surface area contributed by atoms with Crippen molar-refractivity contribution < 1.29 is 14.2 Å². The minimum Gasteiger partial charge on any atom is -0.370 e. The molecule has 0 aliphatic carbocycles. The van der Waals surface area contributed by atoms with Crippen LogP contribution in [-0.4, -0.2) is 32.2 Å². The summed E-state index contributed by atoms with van der Waals surface area (Å²) < 4.78 is 16.2. The third kappa shape index (κ3) is 1.49. The second-order valence-corrected chi connectivity index (χ2v) is 3.47. The van der Waals surface area contributed by atoms with Crippen molar-refractivity contribution in [2.75, 3.05) is 26.4 Å². The van der Waals surface area contributed by atoms with Crippen LogP contribution in [0.15, 0.2) is 0 Å². The van der Waals surface area contributed by atoms with Gasteiger partial charge in [0.1, 0.15) is 13.2 Å². The van der Waals surface area contributed by atoms with Crippen LogP contribution in [0.1, 0.15) is 12.8 Å². The molecule has 2 fully saturated rings. The molecule has 2 radical (unpaired) electrons. The van der Waals surface area contributed by atoms with E-state index in [-0.39, 0.29) is 5.79 Å². The van der Waals surface area contributed by atoms with Gasteiger partial charge in [-0.05, 0) is 19.8 Å². The van der Waals surface area contributed by atoms with Crippen LogP contribution in [0.5, 0.6) is 0 Å². The Bertz CT molecular complexity index is 144. The lowest BCUT2D eigenvalue weighted by Gasteiger charge is -2.45. The van der Waals surface area contributed by atoms with Crippen LogP contribution >= 0.6 is 0 Å². The molecular weight excluding hydrogens is 156 g/mol. The Morgan fingerprint density at radius 1 is 1.25 bits per heavy atom. The summed E-state index contributed by atoms with van der Waals surface area (Å²) in [6, 6.07) is 0. The van der Waals surface area contributed by atoms with E-state index >= 15 is 0 Å². The molecule has 3 nitrogen and oxygen atoms in total. The lowest BCUT2D eigenvalue weighted by Crippen LogP contribution is -2.58. The highest BCUT2D eigenvalue weighted by Crippen LogP contribution is 2.29. The Hall–Kier alpha value is -0.120. The molecule has 2 rings (SSSR count). The molecule has 1 spiro atoms. The summed E-state index contributed by atoms with van der Waals surface area (Å²) in [5.74, 6) is 0.0895. The first-order valence-electron chi connectivity index (χ1n) is 4.40. The van der Waals surface area contributed by atoms with E-state index in [9.17, 15) is 0 Å². The van der Waals surface area contributed by atoms with Crippen LogP contribution in [0.2, 0.25) is 0 Å². The fraction of sp³-hybridized carbons (Fsp3) is 0.889. The van der Waals surface area contributed by atoms with Crippen LogP contribution in [0, 0.1) is 12.8 Å². The van der Waals surface area contributed by atoms with Gasteiger partial charge in [-0.1, -0.05) is 0 Å². The molecule has 3 heteroatoms. The predicted molar refractivity (Wildman–Crippen MR) is 42.5 cm³/mol. The zero-order chi connectivity index (χ0) is 8.44. The number of hydrogen-bond acceptors (Lipinski definition) is 3. The Kier molecular flexibility index (Phi) is 2.35. The molecule has 0 atom stereocenters. The van der Waals surface area contributed by atoms with E-state index < -0.39 is 0 Å². The highest BCUT2D eigenvalue weighted by atomic mass is 16.8. The van der Waals surface area contributed by atoms with E-state index in [4.69, 9.17) is 21.1 Å². The summed E-state index contributed by atoms with van der Waals surface area (Å²) in [4.78, 5) is 0. The van der Waals surface area contributed by atoms with Crippen molar-refractivity contribution in [3.05, 3.63) is 6.92 Å². The maximum Gasteiger partial charge on any atom is 0.216 e. The maximum atomic E-state index is 5.56. The summed E-state index contributed by atoms with van der Waals surface area (Å²) in [5, 5.41) is 0. The summed E-state index contributed by atoms with van der Waals surface area (Å²) in [6.45, 7) is 8.14. The van der Waals surface area contributed by atoms with Crippen LogP contribution in [-0.2, 0) is 14.2 Å². The van der Waals surface area contributed by atoms with Crippen LogP contribution in [0.25, 0.3) is 0 Å². The first-order valence-corrected chi connectivity index (χ1v) is 4.40. The molecule has 12 heavy (non-hydrogen) atoms. The topological polar surface area (TPSA) is 27.7 Å². The zero-order valence-electron chi connectivity index (χ0n) is 7.12. The summed E-state index contributed by atoms with van der Waals surface area (Å²) in [6.07, 6.45) is 1.69. The first kappa shape index (κ1) is 8.48. The van der Waals surface area contributed by atoms with Gasteiger partial charge in [0.15, 0.2) is 0 Å². The van der Waals surface area contributed by atoms with Crippen LogP contribution < -0.4 is 0 Å². The van der Waals surface area contributed by atoms with Crippen molar-refractivity contribution >= 4 is 0 Å². The van der Waals surface area contributed by atoms with Crippen LogP contribution in [0.4, 0.5) is 0 Å². The average molecular weight is 170 g/mol. The van der Waals surface area contributed by atoms with E-state index in [1.807, 2.05) is 0 Å². The van der Waals surface area contributed by atoms with E-state index in [1.165, 1.54) is 0 Å². The second kappa shape index (κ2) is 3.32. The van der Waals surface area contributed by atoms with Crippen LogP contribution in [0.3, 0.4) is 0 Å². The molecule has 2 heterocycles. The molecule has 2 aliphatic heterocycles. The molecule has 0 bridgehead atoms. The molecule has 0 aromatic heterocycles. The van der Waals surface area contributed by atoms with E-state index in [0.29, 0.717) is 25.6 Å². The number of ether oxygens (including phenoxy) is 3.